The Kier molecular flexibility index (Phi) is 3.25. The maximum atomic E-state index is 11.5. The van der Waals surface area contributed by atoms with Crippen molar-refractivity contribution in [2.24, 2.45) is 5.84 Å². The van der Waals surface area contributed by atoms with Gasteiger partial charge in [-0.3, -0.25) is 15.1 Å². The third-order valence-electron chi connectivity index (χ3n) is 3.40. The van der Waals surface area contributed by atoms with Crippen LogP contribution >= 0.6 is 0 Å². The van der Waals surface area contributed by atoms with E-state index in [1.165, 1.54) is 0 Å². The van der Waals surface area contributed by atoms with Crippen molar-refractivity contribution in [1.82, 2.24) is 25.1 Å². The summed E-state index contributed by atoms with van der Waals surface area (Å²) in [7, 11) is 0. The fourth-order valence-electron chi connectivity index (χ4n) is 2.39. The number of rotatable bonds is 3. The molecule has 0 saturated heterocycles. The molecule has 0 saturated carbocycles. The highest BCUT2D eigenvalue weighted by atomic mass is 16.4. The second-order valence-electron chi connectivity index (χ2n) is 4.85. The van der Waals surface area contributed by atoms with Crippen molar-refractivity contribution < 1.29 is 9.21 Å². The van der Waals surface area contributed by atoms with Crippen molar-refractivity contribution in [1.29, 1.82) is 0 Å². The molecule has 3 rings (SSSR count). The third-order valence-corrected chi connectivity index (χ3v) is 3.40. The summed E-state index contributed by atoms with van der Waals surface area (Å²) in [6.07, 6.45) is 1.74. The molecule has 1 aliphatic heterocycles. The summed E-state index contributed by atoms with van der Waals surface area (Å²) in [5.41, 5.74) is 2.86. The first-order chi connectivity index (χ1) is 9.67. The van der Waals surface area contributed by atoms with Gasteiger partial charge in [-0.05, 0) is 13.0 Å². The molecule has 106 valence electrons. The topological polar surface area (TPSA) is 102 Å². The number of nitrogen functional groups attached to an aromatic ring is 1. The van der Waals surface area contributed by atoms with E-state index in [0.29, 0.717) is 6.54 Å². The van der Waals surface area contributed by atoms with Crippen LogP contribution in [-0.2, 0) is 19.6 Å². The van der Waals surface area contributed by atoms with Gasteiger partial charge >= 0.3 is 5.91 Å². The monoisotopic (exact) mass is 276 g/mol. The second kappa shape index (κ2) is 5.06. The van der Waals surface area contributed by atoms with Gasteiger partial charge in [-0.25, -0.2) is 5.84 Å². The molecule has 2 aromatic heterocycles. The van der Waals surface area contributed by atoms with Crippen LogP contribution < -0.4 is 11.3 Å². The minimum Gasteiger partial charge on any atom is -0.454 e. The van der Waals surface area contributed by atoms with Crippen molar-refractivity contribution in [3.8, 4) is 0 Å². The summed E-state index contributed by atoms with van der Waals surface area (Å²) in [5.74, 6) is 6.66. The van der Waals surface area contributed by atoms with E-state index in [9.17, 15) is 4.79 Å². The van der Waals surface area contributed by atoms with E-state index in [2.05, 4.69) is 20.5 Å². The maximum Gasteiger partial charge on any atom is 0.301 e. The molecule has 0 unspecified atom stereocenters. The Balaban J connectivity index is 1.71. The lowest BCUT2D eigenvalue weighted by molar-refractivity contribution is 0.0920. The average molecular weight is 276 g/mol. The normalized spacial score (nSPS) is 15.1. The van der Waals surface area contributed by atoms with Crippen LogP contribution in [-0.4, -0.2) is 32.1 Å². The molecule has 0 bridgehead atoms. The van der Waals surface area contributed by atoms with Crippen LogP contribution in [0.25, 0.3) is 0 Å². The highest BCUT2D eigenvalue weighted by Gasteiger charge is 2.20. The first kappa shape index (κ1) is 12.8. The maximum absolute atomic E-state index is 11.5. The van der Waals surface area contributed by atoms with Crippen LogP contribution in [0.3, 0.4) is 0 Å². The van der Waals surface area contributed by atoms with E-state index in [4.69, 9.17) is 10.3 Å². The van der Waals surface area contributed by atoms with Crippen LogP contribution in [0.2, 0.25) is 0 Å². The molecule has 3 N–H and O–H groups in total. The molecule has 0 aromatic carbocycles. The van der Waals surface area contributed by atoms with E-state index in [1.54, 1.807) is 6.33 Å². The SMILES string of the molecule is Cc1cc(CN2CCn3cnnc3C2)oc1C(=O)NN. The number of carbonyl (C=O) groups is 1. The lowest BCUT2D eigenvalue weighted by Gasteiger charge is -2.25. The zero-order valence-electron chi connectivity index (χ0n) is 11.2. The Morgan fingerprint density at radius 3 is 3.20 bits per heavy atom. The van der Waals surface area contributed by atoms with Gasteiger partial charge in [0.1, 0.15) is 17.9 Å². The fraction of sp³-hybridized carbons (Fsp3) is 0.417. The number of amides is 1. The Hall–Kier alpha value is -2.19. The number of nitrogens with one attached hydrogen (secondary N) is 1. The van der Waals surface area contributed by atoms with Gasteiger partial charge in [0.05, 0.1) is 13.1 Å². The minimum atomic E-state index is -0.410. The van der Waals surface area contributed by atoms with Crippen molar-refractivity contribution in [2.45, 2.75) is 26.6 Å². The van der Waals surface area contributed by atoms with Crippen molar-refractivity contribution in [3.05, 3.63) is 35.3 Å². The number of hydrogen-bond acceptors (Lipinski definition) is 6. The molecular formula is C12H16N6O2. The zero-order chi connectivity index (χ0) is 14.1. The number of aryl methyl sites for hydroxylation is 1. The standard InChI is InChI=1S/C12H16N6O2/c1-8-4-9(20-11(8)12(19)15-13)5-17-2-3-18-7-14-16-10(18)6-17/h4,7H,2-3,5-6,13H2,1H3,(H,15,19). The Morgan fingerprint density at radius 2 is 2.40 bits per heavy atom. The highest BCUT2D eigenvalue weighted by Crippen LogP contribution is 2.18. The number of hydrazine groups is 1. The van der Waals surface area contributed by atoms with Gasteiger partial charge in [-0.15, -0.1) is 10.2 Å². The summed E-state index contributed by atoms with van der Waals surface area (Å²) >= 11 is 0. The smallest absolute Gasteiger partial charge is 0.301 e. The van der Waals surface area contributed by atoms with Crippen molar-refractivity contribution in [3.63, 3.8) is 0 Å². The summed E-state index contributed by atoms with van der Waals surface area (Å²) in [5, 5.41) is 7.97. The Bertz CT molecular complexity index is 632. The molecule has 1 amide bonds. The molecule has 8 nitrogen and oxygen atoms in total. The minimum absolute atomic E-state index is 0.266. The number of carbonyl (C=O) groups excluding carboxylic acids is 1. The molecule has 2 aromatic rings. The zero-order valence-corrected chi connectivity index (χ0v) is 11.2. The summed E-state index contributed by atoms with van der Waals surface area (Å²) in [6.45, 7) is 4.93. The van der Waals surface area contributed by atoms with Crippen molar-refractivity contribution in [2.75, 3.05) is 6.54 Å². The van der Waals surface area contributed by atoms with Gasteiger partial charge in [-0.1, -0.05) is 0 Å². The quantitative estimate of drug-likeness (QED) is 0.457. The fourth-order valence-corrected chi connectivity index (χ4v) is 2.39. The number of furan rings is 1. The Morgan fingerprint density at radius 1 is 1.55 bits per heavy atom. The largest absolute Gasteiger partial charge is 0.454 e. The van der Waals surface area contributed by atoms with E-state index in [1.807, 2.05) is 17.6 Å². The molecular weight excluding hydrogens is 260 g/mol. The first-order valence-corrected chi connectivity index (χ1v) is 6.36. The summed E-state index contributed by atoms with van der Waals surface area (Å²) in [4.78, 5) is 13.7. The molecule has 0 fully saturated rings. The molecule has 0 atom stereocenters. The molecule has 0 aliphatic carbocycles. The predicted molar refractivity (Wildman–Crippen MR) is 69.2 cm³/mol. The summed E-state index contributed by atoms with van der Waals surface area (Å²) < 4.78 is 7.60. The average Bonchev–Trinajstić information content (AvgIpc) is 3.04. The second-order valence-corrected chi connectivity index (χ2v) is 4.85. The van der Waals surface area contributed by atoms with Crippen LogP contribution in [0.1, 0.15) is 27.7 Å². The van der Waals surface area contributed by atoms with Crippen LogP contribution in [0, 0.1) is 6.92 Å². The van der Waals surface area contributed by atoms with E-state index in [0.717, 1.165) is 36.8 Å². The Labute approximate surface area is 115 Å². The predicted octanol–water partition coefficient (Wildman–Crippen LogP) is -0.201. The molecule has 8 heteroatoms. The third kappa shape index (κ3) is 2.30. The van der Waals surface area contributed by atoms with Crippen LogP contribution in [0.4, 0.5) is 0 Å². The van der Waals surface area contributed by atoms with Crippen LogP contribution in [0.15, 0.2) is 16.8 Å². The van der Waals surface area contributed by atoms with Gasteiger partial charge in [0, 0.05) is 18.7 Å². The van der Waals surface area contributed by atoms with Gasteiger partial charge in [0.2, 0.25) is 0 Å². The molecule has 3 heterocycles. The van der Waals surface area contributed by atoms with E-state index >= 15 is 0 Å². The number of nitrogens with two attached hydrogens (primary N) is 1. The first-order valence-electron chi connectivity index (χ1n) is 6.36. The number of aromatic nitrogens is 3. The lowest BCUT2D eigenvalue weighted by atomic mass is 10.2. The van der Waals surface area contributed by atoms with Gasteiger partial charge < -0.3 is 8.98 Å². The van der Waals surface area contributed by atoms with Gasteiger partial charge in [0.15, 0.2) is 5.76 Å². The highest BCUT2D eigenvalue weighted by molar-refractivity contribution is 5.92. The molecule has 0 spiro atoms. The number of nitrogens with zero attached hydrogens (tertiary/aromatic N) is 4. The van der Waals surface area contributed by atoms with Crippen LogP contribution in [0.5, 0.6) is 0 Å². The molecule has 1 aliphatic rings. The van der Waals surface area contributed by atoms with Crippen molar-refractivity contribution >= 4 is 5.91 Å². The van der Waals surface area contributed by atoms with E-state index in [-0.39, 0.29) is 5.76 Å². The molecule has 20 heavy (non-hydrogen) atoms. The number of fused-ring (bicyclic) bond motifs is 1. The number of hydrogen-bond donors (Lipinski definition) is 2. The summed E-state index contributed by atoms with van der Waals surface area (Å²) in [6, 6.07) is 1.86. The van der Waals surface area contributed by atoms with Gasteiger partial charge in [-0.2, -0.15) is 0 Å². The van der Waals surface area contributed by atoms with E-state index < -0.39 is 5.91 Å². The van der Waals surface area contributed by atoms with Gasteiger partial charge in [0.25, 0.3) is 0 Å². The lowest BCUT2D eigenvalue weighted by Crippen LogP contribution is -2.33. The molecule has 0 radical (unpaired) electrons.